The van der Waals surface area contributed by atoms with Gasteiger partial charge >= 0.3 is 0 Å². The zero-order chi connectivity index (χ0) is 22.7. The summed E-state index contributed by atoms with van der Waals surface area (Å²) >= 11 is 5.77. The van der Waals surface area contributed by atoms with E-state index in [0.29, 0.717) is 23.8 Å². The highest BCUT2D eigenvalue weighted by Crippen LogP contribution is 2.21. The number of hydrogen-bond acceptors (Lipinski definition) is 3. The Hall–Kier alpha value is -3.38. The number of pyridine rings is 1. The normalized spacial score (nSPS) is 12.0. The van der Waals surface area contributed by atoms with Crippen LogP contribution < -0.4 is 10.9 Å². The first-order chi connectivity index (χ1) is 15.4. The van der Waals surface area contributed by atoms with E-state index in [2.05, 4.69) is 42.3 Å². The number of fused-ring (bicyclic) bond motifs is 1. The van der Waals surface area contributed by atoms with Gasteiger partial charge in [-0.1, -0.05) is 42.5 Å². The lowest BCUT2D eigenvalue weighted by Crippen LogP contribution is -2.41. The molecule has 2 aromatic carbocycles. The van der Waals surface area contributed by atoms with Crippen LogP contribution in [0.4, 0.5) is 0 Å². The minimum Gasteiger partial charge on any atom is -0.467 e. The number of nitrogens with one attached hydrogen (secondary N) is 2. The predicted octanol–water partition coefficient (Wildman–Crippen LogP) is 5.38. The van der Waals surface area contributed by atoms with E-state index in [1.165, 1.54) is 0 Å². The van der Waals surface area contributed by atoms with Crippen molar-refractivity contribution in [3.8, 4) is 0 Å². The average molecular weight is 446 g/mol. The first kappa shape index (κ1) is 21.8. The van der Waals surface area contributed by atoms with Gasteiger partial charge in [0.1, 0.15) is 5.76 Å². The van der Waals surface area contributed by atoms with E-state index in [1.54, 1.807) is 6.26 Å². The molecule has 1 unspecified atom stereocenters. The fourth-order valence-corrected chi connectivity index (χ4v) is 4.14. The van der Waals surface area contributed by atoms with Crippen molar-refractivity contribution in [1.82, 2.24) is 15.2 Å². The number of aromatic amines is 1. The Balaban J connectivity index is 1.64. The fraction of sp³-hybridized carbons (Fsp3) is 0.231. The lowest BCUT2D eigenvalue weighted by Gasteiger charge is -2.27. The van der Waals surface area contributed by atoms with E-state index in [0.717, 1.165) is 33.4 Å². The Morgan fingerprint density at radius 1 is 1.06 bits per heavy atom. The van der Waals surface area contributed by atoms with Crippen molar-refractivity contribution in [2.75, 3.05) is 0 Å². The van der Waals surface area contributed by atoms with Gasteiger partial charge in [-0.3, -0.25) is 4.79 Å². The molecule has 0 aliphatic heterocycles. The molecule has 1 atom stereocenters. The van der Waals surface area contributed by atoms with E-state index in [-0.39, 0.29) is 11.6 Å². The Bertz CT molecular complexity index is 1280. The number of furan rings is 1. The molecule has 6 heteroatoms. The van der Waals surface area contributed by atoms with Gasteiger partial charge in [0.15, 0.2) is 5.11 Å². The number of nitrogens with zero attached hydrogens (tertiary/aromatic N) is 1. The summed E-state index contributed by atoms with van der Waals surface area (Å²) in [7, 11) is 0. The van der Waals surface area contributed by atoms with Crippen molar-refractivity contribution < 1.29 is 4.42 Å². The number of aromatic nitrogens is 1. The highest BCUT2D eigenvalue weighted by atomic mass is 32.1. The Morgan fingerprint density at radius 3 is 2.53 bits per heavy atom. The van der Waals surface area contributed by atoms with Crippen LogP contribution in [0.15, 0.2) is 76.1 Å². The molecule has 164 valence electrons. The van der Waals surface area contributed by atoms with Crippen LogP contribution in [0.2, 0.25) is 0 Å². The molecule has 0 radical (unpaired) electrons. The van der Waals surface area contributed by atoms with Crippen LogP contribution in [0, 0.1) is 13.8 Å². The summed E-state index contributed by atoms with van der Waals surface area (Å²) in [4.78, 5) is 18.0. The molecule has 2 heterocycles. The van der Waals surface area contributed by atoms with E-state index < -0.39 is 0 Å². The molecule has 0 bridgehead atoms. The van der Waals surface area contributed by atoms with E-state index in [4.69, 9.17) is 16.6 Å². The third-order valence-corrected chi connectivity index (χ3v) is 6.11. The van der Waals surface area contributed by atoms with Crippen LogP contribution in [-0.2, 0) is 13.1 Å². The van der Waals surface area contributed by atoms with Gasteiger partial charge in [-0.05, 0) is 67.9 Å². The third-order valence-electron chi connectivity index (χ3n) is 5.74. The SMILES string of the molecule is Cc1ccc(C)c2[nH]c(=O)c(CN(Cc3ccco3)C(=S)NC(C)c3ccccc3)cc12. The van der Waals surface area contributed by atoms with Crippen molar-refractivity contribution in [3.05, 3.63) is 105 Å². The lowest BCUT2D eigenvalue weighted by molar-refractivity contribution is 0.347. The van der Waals surface area contributed by atoms with E-state index in [9.17, 15) is 4.79 Å². The molecule has 5 nitrogen and oxygen atoms in total. The summed E-state index contributed by atoms with van der Waals surface area (Å²) in [5.41, 5.74) is 4.76. The molecule has 0 aliphatic rings. The fourth-order valence-electron chi connectivity index (χ4n) is 3.83. The van der Waals surface area contributed by atoms with Crippen LogP contribution in [0.3, 0.4) is 0 Å². The second-order valence-corrected chi connectivity index (χ2v) is 8.52. The summed E-state index contributed by atoms with van der Waals surface area (Å²) in [5.74, 6) is 0.783. The smallest absolute Gasteiger partial charge is 0.253 e. The summed E-state index contributed by atoms with van der Waals surface area (Å²) in [6, 6.07) is 20.0. The van der Waals surface area contributed by atoms with Gasteiger partial charge in [0.2, 0.25) is 0 Å². The lowest BCUT2D eigenvalue weighted by atomic mass is 10.0. The standard InChI is InChI=1S/C26H27N3O2S/c1-17-11-12-18(2)24-23(17)14-21(25(30)28-24)15-29(16-22-10-7-13-31-22)26(32)27-19(3)20-8-5-4-6-9-20/h4-14,19H,15-16H2,1-3H3,(H,27,32)(H,28,30). The van der Waals surface area contributed by atoms with Gasteiger partial charge in [-0.25, -0.2) is 0 Å². The van der Waals surface area contributed by atoms with Gasteiger partial charge < -0.3 is 19.6 Å². The molecule has 2 aromatic heterocycles. The highest BCUT2D eigenvalue weighted by molar-refractivity contribution is 7.80. The Morgan fingerprint density at radius 2 is 1.81 bits per heavy atom. The molecule has 0 fully saturated rings. The summed E-state index contributed by atoms with van der Waals surface area (Å²) in [6.45, 7) is 6.96. The molecule has 4 aromatic rings. The monoisotopic (exact) mass is 445 g/mol. The number of hydrogen-bond donors (Lipinski definition) is 2. The molecular formula is C26H27N3O2S. The van der Waals surface area contributed by atoms with E-state index >= 15 is 0 Å². The topological polar surface area (TPSA) is 61.3 Å². The molecule has 0 saturated heterocycles. The molecular weight excluding hydrogens is 418 g/mol. The van der Waals surface area contributed by atoms with Crippen molar-refractivity contribution in [1.29, 1.82) is 0 Å². The molecule has 0 amide bonds. The zero-order valence-electron chi connectivity index (χ0n) is 18.5. The molecule has 4 rings (SSSR count). The number of H-pyrrole nitrogens is 1. The molecule has 0 saturated carbocycles. The van der Waals surface area contributed by atoms with Gasteiger partial charge in [0.25, 0.3) is 5.56 Å². The van der Waals surface area contributed by atoms with Crippen molar-refractivity contribution >= 4 is 28.2 Å². The molecule has 0 spiro atoms. The number of rotatable bonds is 6. The number of aryl methyl sites for hydroxylation is 2. The maximum atomic E-state index is 12.9. The first-order valence-corrected chi connectivity index (χ1v) is 11.1. The van der Waals surface area contributed by atoms with Gasteiger partial charge in [-0.15, -0.1) is 0 Å². The van der Waals surface area contributed by atoms with Crippen molar-refractivity contribution in [3.63, 3.8) is 0 Å². The first-order valence-electron chi connectivity index (χ1n) is 10.7. The quantitative estimate of drug-likeness (QED) is 0.391. The van der Waals surface area contributed by atoms with Crippen LogP contribution in [-0.4, -0.2) is 15.0 Å². The minimum atomic E-state index is -0.102. The maximum Gasteiger partial charge on any atom is 0.253 e. The van der Waals surface area contributed by atoms with Gasteiger partial charge in [0, 0.05) is 10.9 Å². The summed E-state index contributed by atoms with van der Waals surface area (Å²) < 4.78 is 5.56. The van der Waals surface area contributed by atoms with Gasteiger partial charge in [0.05, 0.1) is 30.9 Å². The van der Waals surface area contributed by atoms with Crippen molar-refractivity contribution in [2.24, 2.45) is 0 Å². The van der Waals surface area contributed by atoms with Crippen molar-refractivity contribution in [2.45, 2.75) is 39.9 Å². The largest absolute Gasteiger partial charge is 0.467 e. The summed E-state index contributed by atoms with van der Waals surface area (Å²) in [6.07, 6.45) is 1.64. The predicted molar refractivity (Wildman–Crippen MR) is 133 cm³/mol. The Labute approximate surface area is 193 Å². The molecule has 32 heavy (non-hydrogen) atoms. The Kier molecular flexibility index (Phi) is 6.42. The second kappa shape index (κ2) is 9.40. The zero-order valence-corrected chi connectivity index (χ0v) is 19.3. The second-order valence-electron chi connectivity index (χ2n) is 8.13. The molecule has 0 aliphatic carbocycles. The summed E-state index contributed by atoms with van der Waals surface area (Å²) in [5, 5.41) is 5.03. The third kappa shape index (κ3) is 4.75. The van der Waals surface area contributed by atoms with E-state index in [1.807, 2.05) is 54.3 Å². The van der Waals surface area contributed by atoms with Crippen LogP contribution >= 0.6 is 12.2 Å². The van der Waals surface area contributed by atoms with Gasteiger partial charge in [-0.2, -0.15) is 0 Å². The highest BCUT2D eigenvalue weighted by Gasteiger charge is 2.18. The molecule has 2 N–H and O–H groups in total. The average Bonchev–Trinajstić information content (AvgIpc) is 3.30. The maximum absolute atomic E-state index is 12.9. The minimum absolute atomic E-state index is 0.0302. The van der Waals surface area contributed by atoms with Crippen LogP contribution in [0.5, 0.6) is 0 Å². The number of thiocarbonyl (C=S) groups is 1. The van der Waals surface area contributed by atoms with Crippen LogP contribution in [0.25, 0.3) is 10.9 Å². The van der Waals surface area contributed by atoms with Crippen LogP contribution in [0.1, 0.15) is 41.0 Å². The number of benzene rings is 2.